The molecule has 0 fully saturated rings. The summed E-state index contributed by atoms with van der Waals surface area (Å²) in [6.45, 7) is 4.03. The van der Waals surface area contributed by atoms with Gasteiger partial charge in [0.15, 0.2) is 5.82 Å². The maximum atomic E-state index is 12.2. The van der Waals surface area contributed by atoms with Crippen molar-refractivity contribution >= 4 is 23.2 Å². The van der Waals surface area contributed by atoms with Crippen LogP contribution in [0.3, 0.4) is 0 Å². The molecule has 0 unspecified atom stereocenters. The molecule has 3 rings (SSSR count). The van der Waals surface area contributed by atoms with Crippen LogP contribution >= 0.6 is 11.8 Å². The van der Waals surface area contributed by atoms with Gasteiger partial charge in [0.25, 0.3) is 5.69 Å². The van der Waals surface area contributed by atoms with Crippen LogP contribution in [0.4, 0.5) is 5.69 Å². The van der Waals surface area contributed by atoms with Gasteiger partial charge < -0.3 is 0 Å². The number of hydrogen-bond donors (Lipinski definition) is 1. The fourth-order valence-corrected chi connectivity index (χ4v) is 3.43. The van der Waals surface area contributed by atoms with Gasteiger partial charge in [-0.05, 0) is 31.5 Å². The van der Waals surface area contributed by atoms with E-state index in [-0.39, 0.29) is 17.2 Å². The summed E-state index contributed by atoms with van der Waals surface area (Å²) in [4.78, 5) is 26.8. The number of ketones is 1. The Morgan fingerprint density at radius 3 is 2.44 bits per heavy atom. The molecule has 0 saturated heterocycles. The molecule has 1 aromatic heterocycles. The van der Waals surface area contributed by atoms with Gasteiger partial charge in [-0.25, -0.2) is 4.98 Å². The molecule has 0 aliphatic heterocycles. The van der Waals surface area contributed by atoms with Crippen LogP contribution in [0.2, 0.25) is 0 Å². The number of aromatic amines is 1. The van der Waals surface area contributed by atoms with Gasteiger partial charge in [0.1, 0.15) is 5.78 Å². The highest BCUT2D eigenvalue weighted by molar-refractivity contribution is 7.99. The van der Waals surface area contributed by atoms with Crippen molar-refractivity contribution in [1.29, 1.82) is 0 Å². The second-order valence-electron chi connectivity index (χ2n) is 6.27. The zero-order chi connectivity index (χ0) is 19.4. The monoisotopic (exact) mass is 382 g/mol. The maximum absolute atomic E-state index is 12.2. The van der Waals surface area contributed by atoms with Crippen LogP contribution in [0.5, 0.6) is 0 Å². The number of hydrogen-bond acceptors (Lipinski definition) is 6. The summed E-state index contributed by atoms with van der Waals surface area (Å²) in [6.07, 6.45) is 0.384. The first-order valence-electron chi connectivity index (χ1n) is 8.29. The van der Waals surface area contributed by atoms with Gasteiger partial charge in [-0.2, -0.15) is 0 Å². The zero-order valence-electron chi connectivity index (χ0n) is 14.9. The van der Waals surface area contributed by atoms with E-state index >= 15 is 0 Å². The number of carbonyl (C=O) groups excluding carboxylic acids is 1. The van der Waals surface area contributed by atoms with Crippen molar-refractivity contribution in [3.8, 4) is 11.4 Å². The Morgan fingerprint density at radius 1 is 1.15 bits per heavy atom. The number of H-pyrrole nitrogens is 1. The van der Waals surface area contributed by atoms with Gasteiger partial charge in [0.05, 0.1) is 10.7 Å². The number of Topliss-reactive ketones (excluding diaryl/α,β-unsaturated/α-hetero) is 1. The first-order chi connectivity index (χ1) is 12.9. The summed E-state index contributed by atoms with van der Waals surface area (Å²) in [5.74, 6) is 0.894. The SMILES string of the molecule is Cc1cc(C)cc(CC(=O)CSc2n[nH]c(-c3ccc([N+](=O)[O-])cc3)n2)c1. The van der Waals surface area contributed by atoms with Crippen LogP contribution in [-0.2, 0) is 11.2 Å². The average molecular weight is 382 g/mol. The second-order valence-corrected chi connectivity index (χ2v) is 7.21. The molecule has 0 saturated carbocycles. The Bertz CT molecular complexity index is 963. The van der Waals surface area contributed by atoms with Gasteiger partial charge in [0, 0.05) is 24.1 Å². The predicted molar refractivity (Wildman–Crippen MR) is 104 cm³/mol. The molecule has 0 spiro atoms. The van der Waals surface area contributed by atoms with Crippen LogP contribution in [0.15, 0.2) is 47.6 Å². The average Bonchev–Trinajstić information content (AvgIpc) is 3.08. The van der Waals surface area contributed by atoms with Crippen molar-refractivity contribution in [1.82, 2.24) is 15.2 Å². The fraction of sp³-hybridized carbons (Fsp3) is 0.211. The van der Waals surface area contributed by atoms with Crippen LogP contribution in [0.1, 0.15) is 16.7 Å². The summed E-state index contributed by atoms with van der Waals surface area (Å²) >= 11 is 1.27. The standard InChI is InChI=1S/C19H18N4O3S/c1-12-7-13(2)9-14(8-12)10-17(24)11-27-19-20-18(21-22-19)15-3-5-16(6-4-15)23(25)26/h3-9H,10-11H2,1-2H3,(H,20,21,22). The van der Waals surface area contributed by atoms with Gasteiger partial charge in [-0.3, -0.25) is 20.0 Å². The number of nitrogens with one attached hydrogen (secondary N) is 1. The number of aromatic nitrogens is 3. The quantitative estimate of drug-likeness (QED) is 0.378. The predicted octanol–water partition coefficient (Wildman–Crippen LogP) is 3.90. The van der Waals surface area contributed by atoms with Gasteiger partial charge in [-0.1, -0.05) is 41.1 Å². The minimum absolute atomic E-state index is 0.0184. The van der Waals surface area contributed by atoms with E-state index in [9.17, 15) is 14.9 Å². The van der Waals surface area contributed by atoms with Crippen LogP contribution in [-0.4, -0.2) is 31.6 Å². The molecule has 0 aliphatic carbocycles. The lowest BCUT2D eigenvalue weighted by atomic mass is 10.0. The molecule has 8 heteroatoms. The van der Waals surface area contributed by atoms with E-state index in [2.05, 4.69) is 21.2 Å². The molecule has 0 aliphatic rings. The highest BCUT2D eigenvalue weighted by Crippen LogP contribution is 2.22. The van der Waals surface area contributed by atoms with Crippen LogP contribution < -0.4 is 0 Å². The normalized spacial score (nSPS) is 10.7. The number of non-ortho nitro benzene ring substituents is 1. The molecular weight excluding hydrogens is 364 g/mol. The first-order valence-corrected chi connectivity index (χ1v) is 9.28. The van der Waals surface area contributed by atoms with Crippen molar-refractivity contribution in [3.63, 3.8) is 0 Å². The Hall–Kier alpha value is -3.00. The number of nitrogens with zero attached hydrogens (tertiary/aromatic N) is 3. The molecule has 0 amide bonds. The number of carbonyl (C=O) groups is 1. The first kappa shape index (κ1) is 18.8. The lowest BCUT2D eigenvalue weighted by molar-refractivity contribution is -0.384. The third kappa shape index (κ3) is 5.01. The Labute approximate surface area is 160 Å². The summed E-state index contributed by atoms with van der Waals surface area (Å²) in [6, 6.07) is 12.2. The van der Waals surface area contributed by atoms with Crippen molar-refractivity contribution in [2.75, 3.05) is 5.75 Å². The molecule has 0 radical (unpaired) electrons. The van der Waals surface area contributed by atoms with E-state index in [0.717, 1.165) is 16.7 Å². The molecule has 7 nitrogen and oxygen atoms in total. The molecular formula is C19H18N4O3S. The number of thioether (sulfide) groups is 1. The third-order valence-electron chi connectivity index (χ3n) is 3.86. The largest absolute Gasteiger partial charge is 0.298 e. The van der Waals surface area contributed by atoms with Crippen molar-refractivity contribution in [2.45, 2.75) is 25.4 Å². The van der Waals surface area contributed by atoms with Crippen molar-refractivity contribution in [2.24, 2.45) is 0 Å². The van der Waals surface area contributed by atoms with E-state index in [1.165, 1.54) is 23.9 Å². The lowest BCUT2D eigenvalue weighted by Gasteiger charge is -2.04. The van der Waals surface area contributed by atoms with Crippen LogP contribution in [0.25, 0.3) is 11.4 Å². The van der Waals surface area contributed by atoms with Crippen LogP contribution in [0, 0.1) is 24.0 Å². The molecule has 1 heterocycles. The highest BCUT2D eigenvalue weighted by atomic mass is 32.2. The summed E-state index contributed by atoms with van der Waals surface area (Å²) in [7, 11) is 0. The molecule has 1 N–H and O–H groups in total. The summed E-state index contributed by atoms with van der Waals surface area (Å²) < 4.78 is 0. The summed E-state index contributed by atoms with van der Waals surface area (Å²) in [5, 5.41) is 18.1. The molecule has 3 aromatic rings. The highest BCUT2D eigenvalue weighted by Gasteiger charge is 2.11. The Morgan fingerprint density at radius 2 is 1.81 bits per heavy atom. The van der Waals surface area contributed by atoms with E-state index in [1.807, 2.05) is 26.0 Å². The fourth-order valence-electron chi connectivity index (χ4n) is 2.78. The third-order valence-corrected chi connectivity index (χ3v) is 4.77. The molecule has 2 aromatic carbocycles. The lowest BCUT2D eigenvalue weighted by Crippen LogP contribution is -2.06. The molecule has 0 bridgehead atoms. The molecule has 0 atom stereocenters. The van der Waals surface area contributed by atoms with E-state index in [4.69, 9.17) is 0 Å². The minimum Gasteiger partial charge on any atom is -0.298 e. The minimum atomic E-state index is -0.452. The van der Waals surface area contributed by atoms with Gasteiger partial charge >= 0.3 is 0 Å². The zero-order valence-corrected chi connectivity index (χ0v) is 15.7. The maximum Gasteiger partial charge on any atom is 0.269 e. The van der Waals surface area contributed by atoms with Gasteiger partial charge in [0.2, 0.25) is 5.16 Å². The topological polar surface area (TPSA) is 102 Å². The smallest absolute Gasteiger partial charge is 0.269 e. The number of nitro groups is 1. The number of benzene rings is 2. The number of aryl methyl sites for hydroxylation is 2. The van der Waals surface area contributed by atoms with Gasteiger partial charge in [-0.15, -0.1) is 5.10 Å². The van der Waals surface area contributed by atoms with E-state index in [0.29, 0.717) is 23.0 Å². The Kier molecular flexibility index (Phi) is 5.66. The molecule has 138 valence electrons. The van der Waals surface area contributed by atoms with E-state index < -0.39 is 4.92 Å². The number of nitro benzene ring substituents is 1. The van der Waals surface area contributed by atoms with E-state index in [1.54, 1.807) is 12.1 Å². The van der Waals surface area contributed by atoms with Crippen molar-refractivity contribution in [3.05, 3.63) is 69.3 Å². The van der Waals surface area contributed by atoms with Crippen molar-refractivity contribution < 1.29 is 9.72 Å². The molecule has 27 heavy (non-hydrogen) atoms. The second kappa shape index (κ2) is 8.13. The summed E-state index contributed by atoms with van der Waals surface area (Å²) in [5.41, 5.74) is 4.02. The number of rotatable bonds is 7. The Balaban J connectivity index is 1.59.